The van der Waals surface area contributed by atoms with E-state index in [1.54, 1.807) is 19.1 Å². The van der Waals surface area contributed by atoms with Gasteiger partial charge in [0.15, 0.2) is 16.6 Å². The van der Waals surface area contributed by atoms with E-state index in [9.17, 15) is 24.9 Å². The van der Waals surface area contributed by atoms with Gasteiger partial charge in [0.25, 0.3) is 9.28 Å². The molecule has 208 valence electrons. The molecule has 37 heavy (non-hydrogen) atoms. The molecule has 3 saturated carbocycles. The molecule has 11 heteroatoms. The number of carbonyl (C=O) groups is 2. The lowest BCUT2D eigenvalue weighted by Crippen LogP contribution is -2.50. The molecular formula is C26H44O8Si3. The molecule has 1 heterocycles. The number of carbonyl (C=O) groups excluding carboxylic acids is 1. The number of esters is 1. The second kappa shape index (κ2) is 8.70. The summed E-state index contributed by atoms with van der Waals surface area (Å²) in [5.74, 6) is -3.18. The van der Waals surface area contributed by atoms with Gasteiger partial charge < -0.3 is 28.3 Å². The third-order valence-corrected chi connectivity index (χ3v) is 17.5. The fourth-order valence-electron chi connectivity index (χ4n) is 8.15. The van der Waals surface area contributed by atoms with Crippen LogP contribution in [0.25, 0.3) is 0 Å². The highest BCUT2D eigenvalue weighted by Crippen LogP contribution is 2.77. The summed E-state index contributed by atoms with van der Waals surface area (Å²) in [5.41, 5.74) is -3.29. The number of carboxylic acids is 1. The summed E-state index contributed by atoms with van der Waals surface area (Å²) < 4.78 is 17.7. The van der Waals surface area contributed by atoms with Crippen molar-refractivity contribution < 1.29 is 37.9 Å². The van der Waals surface area contributed by atoms with Crippen LogP contribution in [0.15, 0.2) is 24.3 Å². The first-order valence-electron chi connectivity index (χ1n) is 13.3. The van der Waals surface area contributed by atoms with E-state index in [-0.39, 0.29) is 5.92 Å². The standard InChI is InChI=1S/C19H22O6.C7H22O2Si3/c1-9-7-17-8-18(9,24)5-3-10(17)19-6-4-11(20)16(2,15(23)25-19)13(19)12(17)14(21)22;1-10(8-11(2,3)4)9-12(5,6)7/h4,6,10-13,20,24H,1,3,5,7-8H2,2H3,(H,21,22);10H,1-7H3/t10-,11+,12-,13-,16-,17+,18+,19-;/m1./s1. The normalized spacial score (nSPS) is 43.8. The Morgan fingerprint density at radius 2 is 1.76 bits per heavy atom. The van der Waals surface area contributed by atoms with E-state index < -0.39 is 77.8 Å². The van der Waals surface area contributed by atoms with Crippen LogP contribution in [0.1, 0.15) is 32.6 Å². The molecule has 0 unspecified atom stereocenters. The first-order valence-corrected chi connectivity index (χ1v) is 22.2. The van der Waals surface area contributed by atoms with Crippen molar-refractivity contribution in [3.8, 4) is 0 Å². The molecule has 0 amide bonds. The zero-order valence-corrected chi connectivity index (χ0v) is 26.6. The predicted molar refractivity (Wildman–Crippen MR) is 147 cm³/mol. The molecule has 1 spiro atoms. The monoisotopic (exact) mass is 568 g/mol. The van der Waals surface area contributed by atoms with Crippen LogP contribution in [0.4, 0.5) is 0 Å². The summed E-state index contributed by atoms with van der Waals surface area (Å²) >= 11 is 0. The van der Waals surface area contributed by atoms with Gasteiger partial charge in [0, 0.05) is 11.8 Å². The number of carboxylic acid groups (broad SMARTS) is 1. The van der Waals surface area contributed by atoms with Gasteiger partial charge in [-0.15, -0.1) is 0 Å². The molecule has 0 aromatic carbocycles. The number of fused-ring (bicyclic) bond motifs is 1. The second-order valence-corrected chi connectivity index (χ2v) is 25.4. The van der Waals surface area contributed by atoms with E-state index in [0.29, 0.717) is 31.3 Å². The Hall–Kier alpha value is -1.09. The average Bonchev–Trinajstić information content (AvgIpc) is 3.12. The first-order chi connectivity index (χ1) is 16.7. The molecule has 8 atom stereocenters. The Morgan fingerprint density at radius 1 is 1.19 bits per heavy atom. The molecule has 8 nitrogen and oxygen atoms in total. The molecular weight excluding hydrogens is 525 g/mol. The number of rotatable bonds is 5. The Bertz CT molecular complexity index is 1020. The van der Waals surface area contributed by atoms with Gasteiger partial charge in [-0.3, -0.25) is 9.59 Å². The number of aliphatic hydroxyl groups excluding tert-OH is 1. The molecule has 4 aliphatic carbocycles. The van der Waals surface area contributed by atoms with Crippen molar-refractivity contribution >= 4 is 37.9 Å². The maximum atomic E-state index is 12.7. The van der Waals surface area contributed by atoms with Crippen molar-refractivity contribution in [1.82, 2.24) is 0 Å². The minimum atomic E-state index is -1.36. The topological polar surface area (TPSA) is 123 Å². The summed E-state index contributed by atoms with van der Waals surface area (Å²) in [7, 11) is -4.05. The third kappa shape index (κ3) is 4.38. The molecule has 4 fully saturated rings. The van der Waals surface area contributed by atoms with E-state index in [1.807, 2.05) is 0 Å². The largest absolute Gasteiger partial charge is 0.481 e. The molecule has 4 bridgehead atoms. The predicted octanol–water partition coefficient (Wildman–Crippen LogP) is 3.57. The number of aliphatic hydroxyl groups is 2. The molecule has 0 aromatic heterocycles. The van der Waals surface area contributed by atoms with Crippen LogP contribution in [-0.2, 0) is 22.6 Å². The van der Waals surface area contributed by atoms with Gasteiger partial charge >= 0.3 is 11.9 Å². The van der Waals surface area contributed by atoms with Crippen molar-refractivity contribution in [2.45, 2.75) is 95.7 Å². The summed E-state index contributed by atoms with van der Waals surface area (Å²) in [4.78, 5) is 25.1. The third-order valence-electron chi connectivity index (χ3n) is 9.16. The minimum absolute atomic E-state index is 0.180. The Balaban J connectivity index is 0.000000229. The van der Waals surface area contributed by atoms with E-state index in [2.05, 4.69) is 52.4 Å². The second-order valence-electron chi connectivity index (χ2n) is 14.0. The summed E-state index contributed by atoms with van der Waals surface area (Å²) in [6.45, 7) is 21.1. The van der Waals surface area contributed by atoms with E-state index in [0.717, 1.165) is 0 Å². The van der Waals surface area contributed by atoms with Crippen LogP contribution in [-0.4, -0.2) is 70.5 Å². The smallest absolute Gasteiger partial charge is 0.316 e. The molecule has 0 aromatic rings. The zero-order valence-electron chi connectivity index (χ0n) is 23.5. The van der Waals surface area contributed by atoms with Crippen LogP contribution >= 0.6 is 0 Å². The molecule has 5 rings (SSSR count). The van der Waals surface area contributed by atoms with E-state index in [4.69, 9.17) is 13.0 Å². The molecule has 1 saturated heterocycles. The quantitative estimate of drug-likeness (QED) is 0.261. The lowest BCUT2D eigenvalue weighted by Gasteiger charge is -2.44. The van der Waals surface area contributed by atoms with Gasteiger partial charge in [-0.25, -0.2) is 0 Å². The SMILES string of the molecule is C=C1C[C@]23C[C@@]1(O)CC[C@H]2[C@@]12C=C[C@H](O)[C@@](C)(C(=O)O1)[C@H]2[C@@H]3C(=O)O.C[SiH](O[Si](C)(C)C)O[Si](C)(C)C. The highest BCUT2D eigenvalue weighted by molar-refractivity contribution is 6.80. The van der Waals surface area contributed by atoms with Crippen molar-refractivity contribution in [1.29, 1.82) is 0 Å². The lowest BCUT2D eigenvalue weighted by molar-refractivity contribution is -0.163. The van der Waals surface area contributed by atoms with Crippen LogP contribution in [0.5, 0.6) is 0 Å². The van der Waals surface area contributed by atoms with Crippen molar-refractivity contribution in [3.63, 3.8) is 0 Å². The number of hydrogen-bond acceptors (Lipinski definition) is 7. The van der Waals surface area contributed by atoms with Crippen LogP contribution in [0.2, 0.25) is 45.8 Å². The number of aliphatic carboxylic acids is 1. The lowest BCUT2D eigenvalue weighted by atomic mass is 9.61. The average molecular weight is 569 g/mol. The van der Waals surface area contributed by atoms with Gasteiger partial charge in [0.2, 0.25) is 0 Å². The summed E-state index contributed by atoms with van der Waals surface area (Å²) in [6.07, 6.45) is 4.11. The minimum Gasteiger partial charge on any atom is -0.481 e. The Kier molecular flexibility index (Phi) is 6.80. The fraction of sp³-hybridized carbons (Fsp3) is 0.769. The van der Waals surface area contributed by atoms with Gasteiger partial charge in [-0.1, -0.05) is 12.7 Å². The summed E-state index contributed by atoms with van der Waals surface area (Å²) in [6, 6.07) is 0. The maximum Gasteiger partial charge on any atom is 0.316 e. The molecule has 1 aliphatic heterocycles. The zero-order chi connectivity index (χ0) is 28.0. The highest BCUT2D eigenvalue weighted by Gasteiger charge is 2.83. The van der Waals surface area contributed by atoms with Crippen molar-refractivity contribution in [2.75, 3.05) is 0 Å². The fourth-order valence-corrected chi connectivity index (χ4v) is 16.7. The Labute approximate surface area is 224 Å². The van der Waals surface area contributed by atoms with Crippen LogP contribution in [0, 0.1) is 28.6 Å². The molecule has 5 aliphatic rings. The van der Waals surface area contributed by atoms with Gasteiger partial charge in [-0.05, 0) is 95.5 Å². The molecule has 0 radical (unpaired) electrons. The number of ether oxygens (including phenoxy) is 1. The number of hydrogen-bond donors (Lipinski definition) is 3. The summed E-state index contributed by atoms with van der Waals surface area (Å²) in [5, 5.41) is 31.6. The highest BCUT2D eigenvalue weighted by atomic mass is 28.4. The van der Waals surface area contributed by atoms with E-state index in [1.165, 1.54) is 0 Å². The van der Waals surface area contributed by atoms with E-state index >= 15 is 0 Å². The van der Waals surface area contributed by atoms with Crippen molar-refractivity contribution in [3.05, 3.63) is 24.3 Å². The van der Waals surface area contributed by atoms with Gasteiger partial charge in [0.05, 0.1) is 17.6 Å². The first kappa shape index (κ1) is 28.9. The van der Waals surface area contributed by atoms with Gasteiger partial charge in [-0.2, -0.15) is 0 Å². The molecule has 3 N–H and O–H groups in total. The Morgan fingerprint density at radius 3 is 2.27 bits per heavy atom. The maximum absolute atomic E-state index is 12.7. The van der Waals surface area contributed by atoms with Crippen LogP contribution in [0.3, 0.4) is 0 Å². The van der Waals surface area contributed by atoms with Crippen molar-refractivity contribution in [2.24, 2.45) is 28.6 Å². The van der Waals surface area contributed by atoms with Crippen LogP contribution < -0.4 is 0 Å². The van der Waals surface area contributed by atoms with Gasteiger partial charge in [0.1, 0.15) is 11.0 Å².